The van der Waals surface area contributed by atoms with E-state index in [2.05, 4.69) is 48.7 Å². The Morgan fingerprint density at radius 2 is 1.70 bits per heavy atom. The molecule has 304 valence electrons. The smallest absolute Gasteiger partial charge is 0.200 e. The third kappa shape index (κ3) is 6.72. The van der Waals surface area contributed by atoms with Gasteiger partial charge in [0.1, 0.15) is 24.0 Å². The Kier molecular flexibility index (Phi) is 10.9. The fourth-order valence-corrected chi connectivity index (χ4v) is 10.1. The van der Waals surface area contributed by atoms with Crippen molar-refractivity contribution in [2.45, 2.75) is 88.9 Å². The molecule has 0 spiro atoms. The maximum Gasteiger partial charge on any atom is 0.200 e. The molecule has 11 nitrogen and oxygen atoms in total. The van der Waals surface area contributed by atoms with Crippen molar-refractivity contribution in [1.82, 2.24) is 5.32 Å². The third-order valence-electron chi connectivity index (χ3n) is 13.0. The van der Waals surface area contributed by atoms with Crippen molar-refractivity contribution >= 4 is 5.69 Å². The summed E-state index contributed by atoms with van der Waals surface area (Å²) in [6.07, 6.45) is 3.44. The van der Waals surface area contributed by atoms with Crippen LogP contribution in [0.15, 0.2) is 48.5 Å². The normalized spacial score (nSPS) is 23.2. The van der Waals surface area contributed by atoms with Crippen LogP contribution in [0.1, 0.15) is 110 Å². The van der Waals surface area contributed by atoms with Crippen LogP contribution in [0.4, 0.5) is 5.69 Å². The van der Waals surface area contributed by atoms with Crippen molar-refractivity contribution in [3.63, 3.8) is 0 Å². The van der Waals surface area contributed by atoms with E-state index < -0.39 is 18.2 Å². The minimum Gasteiger partial charge on any atom is -0.502 e. The molecule has 0 radical (unpaired) electrons. The van der Waals surface area contributed by atoms with Crippen molar-refractivity contribution in [3.8, 4) is 45.6 Å². The second-order valence-electron chi connectivity index (χ2n) is 16.2. The highest BCUT2D eigenvalue weighted by Crippen LogP contribution is 2.57. The van der Waals surface area contributed by atoms with E-state index in [1.165, 1.54) is 18.2 Å². The summed E-state index contributed by atoms with van der Waals surface area (Å²) < 4.78 is 30.5. The molecule has 2 heterocycles. The molecule has 0 saturated carbocycles. The first-order chi connectivity index (χ1) is 27.7. The van der Waals surface area contributed by atoms with E-state index in [-0.39, 0.29) is 61.1 Å². The highest BCUT2D eigenvalue weighted by molar-refractivity contribution is 5.93. The van der Waals surface area contributed by atoms with Crippen LogP contribution >= 0.6 is 0 Å². The van der Waals surface area contributed by atoms with Gasteiger partial charge in [-0.25, -0.2) is 0 Å². The number of aliphatic hydroxyl groups is 3. The molecular formula is C46H56N2O9. The molecule has 0 fully saturated rings. The Bertz CT molecular complexity index is 2140. The maximum atomic E-state index is 12.3. The zero-order valence-electron chi connectivity index (χ0n) is 33.6. The number of benzene rings is 4. The average molecular weight is 781 g/mol. The summed E-state index contributed by atoms with van der Waals surface area (Å²) in [6, 6.07) is 15.8. The lowest BCUT2D eigenvalue weighted by molar-refractivity contribution is 0.0875. The monoisotopic (exact) mass is 780 g/mol. The van der Waals surface area contributed by atoms with Gasteiger partial charge < -0.3 is 49.4 Å². The standard InChI is InChI=1S/C46H56N2O9/c1-6-15-46(3)16-14-27(28-10-8-9-11-32(28)46)26(21-49)22-55-38-18-25(17-37(54-5)44(38)51)31-23-56-35-19-33-39-30(40(35)43(31)50)13-12-29-34(53-4)20-36(57-24-47-7-2)42(41(29)39)45(52)48-33/h8-11,17-20,26-27,31,43,45,47-52H,6-7,12-16,21-24H2,1-5H3/t26-,27+,31+,43+,45-,46+/m1/s1. The van der Waals surface area contributed by atoms with Crippen molar-refractivity contribution < 1.29 is 44.1 Å². The summed E-state index contributed by atoms with van der Waals surface area (Å²) >= 11 is 0. The molecule has 2 aliphatic carbocycles. The SMILES string of the molecule is CCC[C@@]1(C)CC[C@@H]([C@H](CO)COc2cc([C@@H]3COc4cc5c6c(c4[C@H]3O)CCc3c(OC)cc(OCNCC)c(c3-6)[C@@H](O)N5)cc(OC)c2O)c2ccccc21. The molecule has 0 aromatic heterocycles. The molecule has 6 N–H and O–H groups in total. The zero-order valence-corrected chi connectivity index (χ0v) is 33.6. The van der Waals surface area contributed by atoms with Gasteiger partial charge in [0.05, 0.1) is 39.1 Å². The first-order valence-electron chi connectivity index (χ1n) is 20.4. The Balaban J connectivity index is 1.11. The number of rotatable bonds is 14. The first-order valence-corrected chi connectivity index (χ1v) is 20.4. The second kappa shape index (κ2) is 15.9. The van der Waals surface area contributed by atoms with Gasteiger partial charge in [-0.05, 0) is 84.4 Å². The number of nitrogens with one attached hydrogen (secondary N) is 2. The number of phenols is 1. The molecule has 57 heavy (non-hydrogen) atoms. The van der Waals surface area contributed by atoms with Crippen molar-refractivity contribution in [2.75, 3.05) is 52.6 Å². The topological polar surface area (TPSA) is 151 Å². The van der Waals surface area contributed by atoms with E-state index in [0.717, 1.165) is 60.2 Å². The predicted molar refractivity (Wildman–Crippen MR) is 218 cm³/mol. The summed E-state index contributed by atoms with van der Waals surface area (Å²) in [4.78, 5) is 0. The molecule has 0 unspecified atom stereocenters. The second-order valence-corrected chi connectivity index (χ2v) is 16.2. The number of fused-ring (bicyclic) bond motifs is 3. The number of hydrogen-bond acceptors (Lipinski definition) is 11. The number of aromatic hydroxyl groups is 1. The fourth-order valence-electron chi connectivity index (χ4n) is 10.1. The van der Waals surface area contributed by atoms with Crippen molar-refractivity contribution in [3.05, 3.63) is 87.5 Å². The maximum absolute atomic E-state index is 12.3. The summed E-state index contributed by atoms with van der Waals surface area (Å²) in [6.45, 7) is 7.86. The van der Waals surface area contributed by atoms with Gasteiger partial charge in [0.2, 0.25) is 5.75 Å². The van der Waals surface area contributed by atoms with Crippen molar-refractivity contribution in [1.29, 1.82) is 0 Å². The Hall–Kier alpha value is -4.68. The minimum absolute atomic E-state index is 0.0635. The average Bonchev–Trinajstić information content (AvgIpc) is 3.21. The summed E-state index contributed by atoms with van der Waals surface area (Å²) in [7, 11) is 3.13. The van der Waals surface area contributed by atoms with E-state index in [4.69, 9.17) is 23.7 Å². The number of anilines is 1. The molecular weight excluding hydrogens is 725 g/mol. The molecule has 11 heteroatoms. The molecule has 8 rings (SSSR count). The Morgan fingerprint density at radius 1 is 0.930 bits per heavy atom. The van der Waals surface area contributed by atoms with E-state index >= 15 is 0 Å². The van der Waals surface area contributed by atoms with Gasteiger partial charge in [-0.3, -0.25) is 5.32 Å². The van der Waals surface area contributed by atoms with Gasteiger partial charge in [-0.2, -0.15) is 0 Å². The first kappa shape index (κ1) is 39.2. The van der Waals surface area contributed by atoms with Gasteiger partial charge in [-0.15, -0.1) is 0 Å². The van der Waals surface area contributed by atoms with Crippen LogP contribution in [0, 0.1) is 5.92 Å². The number of aliphatic hydroxyl groups excluding tert-OH is 3. The van der Waals surface area contributed by atoms with Crippen LogP contribution in [0.2, 0.25) is 0 Å². The molecule has 0 saturated heterocycles. The van der Waals surface area contributed by atoms with Crippen LogP contribution in [0.25, 0.3) is 11.1 Å². The lowest BCUT2D eigenvalue weighted by Crippen LogP contribution is -2.34. The van der Waals surface area contributed by atoms with Crippen LogP contribution in [0.5, 0.6) is 34.5 Å². The molecule has 4 aromatic carbocycles. The third-order valence-corrected chi connectivity index (χ3v) is 13.0. The predicted octanol–water partition coefficient (Wildman–Crippen LogP) is 7.37. The number of ether oxygens (including phenoxy) is 5. The summed E-state index contributed by atoms with van der Waals surface area (Å²) in [5.74, 6) is 1.46. The Labute approximate surface area is 334 Å². The number of hydrogen-bond donors (Lipinski definition) is 6. The summed E-state index contributed by atoms with van der Waals surface area (Å²) in [5, 5.41) is 52.3. The molecule has 6 atom stereocenters. The van der Waals surface area contributed by atoms with Crippen LogP contribution < -0.4 is 34.3 Å². The van der Waals surface area contributed by atoms with Crippen LogP contribution in [-0.4, -0.2) is 67.7 Å². The quantitative estimate of drug-likeness (QED) is 0.0563. The molecule has 2 aliphatic heterocycles. The van der Waals surface area contributed by atoms with Gasteiger partial charge in [-0.1, -0.05) is 51.5 Å². The highest BCUT2D eigenvalue weighted by atomic mass is 16.5. The van der Waals surface area contributed by atoms with Gasteiger partial charge >= 0.3 is 0 Å². The molecule has 4 aliphatic rings. The molecule has 0 amide bonds. The lowest BCUT2D eigenvalue weighted by atomic mass is 9.63. The van der Waals surface area contributed by atoms with Gasteiger partial charge in [0, 0.05) is 58.5 Å². The van der Waals surface area contributed by atoms with Gasteiger partial charge in [0.25, 0.3) is 0 Å². The van der Waals surface area contributed by atoms with E-state index in [1.54, 1.807) is 19.2 Å². The molecule has 0 bridgehead atoms. The van der Waals surface area contributed by atoms with E-state index in [1.807, 2.05) is 19.1 Å². The van der Waals surface area contributed by atoms with E-state index in [9.17, 15) is 20.4 Å². The minimum atomic E-state index is -1.03. The van der Waals surface area contributed by atoms with E-state index in [0.29, 0.717) is 46.8 Å². The largest absolute Gasteiger partial charge is 0.502 e. The number of phenolic OH excluding ortho intramolecular Hbond substituents is 1. The van der Waals surface area contributed by atoms with Gasteiger partial charge in [0.15, 0.2) is 17.7 Å². The summed E-state index contributed by atoms with van der Waals surface area (Å²) in [5.41, 5.74) is 9.13. The van der Waals surface area contributed by atoms with Crippen LogP contribution in [-0.2, 0) is 18.3 Å². The molecule has 4 aromatic rings. The zero-order chi connectivity index (χ0) is 40.0. The highest BCUT2D eigenvalue weighted by Gasteiger charge is 2.42. The number of methoxy groups -OCH3 is 2. The Morgan fingerprint density at radius 3 is 2.46 bits per heavy atom. The van der Waals surface area contributed by atoms with Crippen molar-refractivity contribution in [2.24, 2.45) is 5.92 Å². The fraction of sp³-hybridized carbons (Fsp3) is 0.478. The lowest BCUT2D eigenvalue weighted by Gasteiger charge is -2.42. The van der Waals surface area contributed by atoms with Crippen LogP contribution in [0.3, 0.4) is 0 Å².